The summed E-state index contributed by atoms with van der Waals surface area (Å²) in [4.78, 5) is 18.8. The third-order valence-corrected chi connectivity index (χ3v) is 4.44. The summed E-state index contributed by atoms with van der Waals surface area (Å²) in [6, 6.07) is 7.92. The molecule has 1 aromatic rings. The summed E-state index contributed by atoms with van der Waals surface area (Å²) in [5, 5.41) is 0.788. The molecule has 0 saturated carbocycles. The topological polar surface area (TPSA) is 26.8 Å². The van der Waals surface area contributed by atoms with E-state index >= 15 is 0 Å². The molecule has 1 aromatic carbocycles. The van der Waals surface area contributed by atoms with E-state index in [1.165, 1.54) is 0 Å². The molecule has 0 atom stereocenters. The number of carbonyl (C=O) groups excluding carboxylic acids is 1. The predicted molar refractivity (Wildman–Crippen MR) is 97.2 cm³/mol. The van der Waals surface area contributed by atoms with Crippen molar-refractivity contribution in [2.45, 2.75) is 13.8 Å². The highest BCUT2D eigenvalue weighted by Gasteiger charge is 2.22. The number of rotatable bonds is 6. The molecule has 126 valence electrons. The summed E-state index contributed by atoms with van der Waals surface area (Å²) in [5.74, 6) is 0.182. The minimum atomic E-state index is 0.182. The largest absolute Gasteiger partial charge is 0.368 e. The molecule has 1 aliphatic rings. The molecule has 0 radical (unpaired) electrons. The summed E-state index contributed by atoms with van der Waals surface area (Å²) in [5.41, 5.74) is 2.10. The zero-order valence-electron chi connectivity index (χ0n) is 14.1. The van der Waals surface area contributed by atoms with Crippen molar-refractivity contribution in [1.29, 1.82) is 0 Å². The fourth-order valence-electron chi connectivity index (χ4n) is 2.85. The Morgan fingerprint density at radius 3 is 2.48 bits per heavy atom. The van der Waals surface area contributed by atoms with Crippen molar-refractivity contribution in [3.8, 4) is 0 Å². The number of para-hydroxylation sites is 1. The van der Waals surface area contributed by atoms with Crippen LogP contribution in [0.2, 0.25) is 5.02 Å². The van der Waals surface area contributed by atoms with Crippen LogP contribution in [0.5, 0.6) is 0 Å². The molecule has 1 fully saturated rings. The van der Waals surface area contributed by atoms with Gasteiger partial charge in [0.15, 0.2) is 0 Å². The molecule has 1 amide bonds. The highest BCUT2D eigenvalue weighted by atomic mass is 35.5. The van der Waals surface area contributed by atoms with Gasteiger partial charge in [-0.15, -0.1) is 0 Å². The molecular formula is C18H26ClN3O. The lowest BCUT2D eigenvalue weighted by atomic mass is 10.2. The van der Waals surface area contributed by atoms with E-state index in [0.29, 0.717) is 13.1 Å². The van der Waals surface area contributed by atoms with Gasteiger partial charge in [0.2, 0.25) is 5.91 Å². The van der Waals surface area contributed by atoms with E-state index in [1.807, 2.05) is 36.9 Å². The highest BCUT2D eigenvalue weighted by molar-refractivity contribution is 6.33. The van der Waals surface area contributed by atoms with Crippen molar-refractivity contribution in [3.63, 3.8) is 0 Å². The van der Waals surface area contributed by atoms with Gasteiger partial charge in [-0.2, -0.15) is 0 Å². The summed E-state index contributed by atoms with van der Waals surface area (Å²) in [6.45, 7) is 13.3. The number of anilines is 1. The number of piperazine rings is 1. The van der Waals surface area contributed by atoms with Crippen LogP contribution in [0, 0.1) is 0 Å². The molecule has 1 heterocycles. The van der Waals surface area contributed by atoms with Gasteiger partial charge in [0.1, 0.15) is 0 Å². The fourth-order valence-corrected chi connectivity index (χ4v) is 3.10. The molecule has 23 heavy (non-hydrogen) atoms. The number of hydrogen-bond acceptors (Lipinski definition) is 3. The minimum Gasteiger partial charge on any atom is -0.368 e. The number of nitrogens with zero attached hydrogens (tertiary/aromatic N) is 3. The number of likely N-dealkylation sites (N-methyl/N-ethyl adjacent to an activating group) is 1. The van der Waals surface area contributed by atoms with Gasteiger partial charge < -0.3 is 9.80 Å². The number of carbonyl (C=O) groups is 1. The van der Waals surface area contributed by atoms with Crippen LogP contribution in [0.1, 0.15) is 13.8 Å². The van der Waals surface area contributed by atoms with Gasteiger partial charge >= 0.3 is 0 Å². The molecule has 1 aliphatic heterocycles. The van der Waals surface area contributed by atoms with Crippen molar-refractivity contribution in [2.75, 3.05) is 50.7 Å². The maximum atomic E-state index is 12.4. The monoisotopic (exact) mass is 335 g/mol. The summed E-state index contributed by atoms with van der Waals surface area (Å²) in [7, 11) is 0. The zero-order chi connectivity index (χ0) is 16.8. The van der Waals surface area contributed by atoms with Gasteiger partial charge in [-0.1, -0.05) is 35.9 Å². The normalized spacial score (nSPS) is 15.5. The van der Waals surface area contributed by atoms with Crippen LogP contribution in [0.3, 0.4) is 0 Å². The van der Waals surface area contributed by atoms with E-state index in [-0.39, 0.29) is 5.91 Å². The second-order valence-corrected chi connectivity index (χ2v) is 6.49. The van der Waals surface area contributed by atoms with Crippen LogP contribution in [0.4, 0.5) is 5.69 Å². The maximum Gasteiger partial charge on any atom is 0.237 e. The van der Waals surface area contributed by atoms with Gasteiger partial charge in [-0.25, -0.2) is 0 Å². The first kappa shape index (κ1) is 17.8. The van der Waals surface area contributed by atoms with Gasteiger partial charge in [0.05, 0.1) is 17.3 Å². The zero-order valence-corrected chi connectivity index (χ0v) is 14.9. The first-order chi connectivity index (χ1) is 11.0. The molecule has 0 aliphatic carbocycles. The first-order valence-corrected chi connectivity index (χ1v) is 8.53. The molecule has 0 bridgehead atoms. The smallest absolute Gasteiger partial charge is 0.237 e. The fraction of sp³-hybridized carbons (Fsp3) is 0.500. The quantitative estimate of drug-likeness (QED) is 0.748. The third kappa shape index (κ3) is 4.98. The van der Waals surface area contributed by atoms with Crippen LogP contribution in [0.25, 0.3) is 0 Å². The molecule has 1 saturated heterocycles. The van der Waals surface area contributed by atoms with Crippen molar-refractivity contribution < 1.29 is 4.79 Å². The SMILES string of the molecule is C=C(C)CN(CC)C(=O)CN1CCN(c2ccccc2Cl)CC1. The average molecular weight is 336 g/mol. The average Bonchev–Trinajstić information content (AvgIpc) is 2.53. The highest BCUT2D eigenvalue weighted by Crippen LogP contribution is 2.25. The Hall–Kier alpha value is -1.52. The Morgan fingerprint density at radius 1 is 1.26 bits per heavy atom. The van der Waals surface area contributed by atoms with E-state index in [0.717, 1.165) is 49.0 Å². The van der Waals surface area contributed by atoms with Crippen molar-refractivity contribution in [2.24, 2.45) is 0 Å². The second-order valence-electron chi connectivity index (χ2n) is 6.08. The van der Waals surface area contributed by atoms with Crippen LogP contribution < -0.4 is 4.90 Å². The summed E-state index contributed by atoms with van der Waals surface area (Å²) >= 11 is 6.26. The maximum absolute atomic E-state index is 12.4. The second kappa shape index (κ2) is 8.37. The van der Waals surface area contributed by atoms with Gasteiger partial charge in [-0.3, -0.25) is 9.69 Å². The lowest BCUT2D eigenvalue weighted by Gasteiger charge is -2.37. The van der Waals surface area contributed by atoms with Gasteiger partial charge in [0.25, 0.3) is 0 Å². The molecule has 0 aromatic heterocycles. The summed E-state index contributed by atoms with van der Waals surface area (Å²) in [6.07, 6.45) is 0. The van der Waals surface area contributed by atoms with Crippen LogP contribution in [-0.4, -0.2) is 61.5 Å². The molecule has 0 unspecified atom stereocenters. The Kier molecular flexibility index (Phi) is 6.48. The van der Waals surface area contributed by atoms with Crippen molar-refractivity contribution in [3.05, 3.63) is 41.4 Å². The lowest BCUT2D eigenvalue weighted by molar-refractivity contribution is -0.131. The number of halogens is 1. The van der Waals surface area contributed by atoms with E-state index in [9.17, 15) is 4.79 Å². The van der Waals surface area contributed by atoms with Crippen molar-refractivity contribution >= 4 is 23.2 Å². The summed E-state index contributed by atoms with van der Waals surface area (Å²) < 4.78 is 0. The molecular weight excluding hydrogens is 310 g/mol. The van der Waals surface area contributed by atoms with Crippen LogP contribution in [-0.2, 0) is 4.79 Å². The van der Waals surface area contributed by atoms with Gasteiger partial charge in [-0.05, 0) is 26.0 Å². The molecule has 5 heteroatoms. The Bertz CT molecular complexity index is 553. The van der Waals surface area contributed by atoms with E-state index < -0.39 is 0 Å². The molecule has 2 rings (SSSR count). The van der Waals surface area contributed by atoms with Crippen LogP contribution >= 0.6 is 11.6 Å². The predicted octanol–water partition coefficient (Wildman–Crippen LogP) is 2.89. The van der Waals surface area contributed by atoms with E-state index in [4.69, 9.17) is 11.6 Å². The molecule has 0 N–H and O–H groups in total. The lowest BCUT2D eigenvalue weighted by Crippen LogP contribution is -2.50. The Morgan fingerprint density at radius 2 is 1.91 bits per heavy atom. The third-order valence-electron chi connectivity index (χ3n) is 4.12. The van der Waals surface area contributed by atoms with Crippen molar-refractivity contribution in [1.82, 2.24) is 9.80 Å². The Labute approximate surface area is 144 Å². The van der Waals surface area contributed by atoms with Gasteiger partial charge in [0, 0.05) is 39.3 Å². The first-order valence-electron chi connectivity index (χ1n) is 8.15. The molecule has 4 nitrogen and oxygen atoms in total. The minimum absolute atomic E-state index is 0.182. The number of hydrogen-bond donors (Lipinski definition) is 0. The number of amides is 1. The standard InChI is InChI=1S/C18H26ClN3O/c1-4-21(13-15(2)3)18(23)14-20-9-11-22(12-10-20)17-8-6-5-7-16(17)19/h5-8H,2,4,9-14H2,1,3H3. The van der Waals surface area contributed by atoms with E-state index in [1.54, 1.807) is 0 Å². The molecule has 0 spiro atoms. The van der Waals surface area contributed by atoms with Crippen LogP contribution in [0.15, 0.2) is 36.4 Å². The van der Waals surface area contributed by atoms with E-state index in [2.05, 4.69) is 22.4 Å². The number of benzene rings is 1. The Balaban J connectivity index is 1.86.